The van der Waals surface area contributed by atoms with Gasteiger partial charge in [-0.2, -0.15) is 0 Å². The predicted molar refractivity (Wildman–Crippen MR) is 92.4 cm³/mol. The van der Waals surface area contributed by atoms with Crippen molar-refractivity contribution < 1.29 is 14.3 Å². The highest BCUT2D eigenvalue weighted by atomic mass is 35.5. The number of Topliss-reactive ketones (excluding diaryl/α,β-unsaturated/α-hetero) is 1. The van der Waals surface area contributed by atoms with E-state index in [1.807, 2.05) is 6.92 Å². The van der Waals surface area contributed by atoms with Crippen molar-refractivity contribution in [1.82, 2.24) is 10.6 Å². The molecule has 1 heterocycles. The van der Waals surface area contributed by atoms with Crippen molar-refractivity contribution in [3.63, 3.8) is 0 Å². The van der Waals surface area contributed by atoms with Crippen LogP contribution in [0.4, 0.5) is 0 Å². The van der Waals surface area contributed by atoms with E-state index in [9.17, 15) is 9.59 Å². The lowest BCUT2D eigenvalue weighted by atomic mass is 9.98. The first kappa shape index (κ1) is 19.5. The van der Waals surface area contributed by atoms with Gasteiger partial charge < -0.3 is 15.4 Å². The number of hydrogen-bond acceptors (Lipinski definition) is 4. The molecule has 0 aromatic heterocycles. The van der Waals surface area contributed by atoms with Gasteiger partial charge in [-0.25, -0.2) is 0 Å². The number of carbonyl (C=O) groups excluding carboxylic acids is 2. The summed E-state index contributed by atoms with van der Waals surface area (Å²) in [6.07, 6.45) is 2.70. The molecule has 0 unspecified atom stereocenters. The number of piperidine rings is 1. The van der Waals surface area contributed by atoms with E-state index in [-0.39, 0.29) is 30.7 Å². The Morgan fingerprint density at radius 2 is 1.87 bits per heavy atom. The minimum absolute atomic E-state index is 0. The Morgan fingerprint density at radius 1 is 1.22 bits per heavy atom. The van der Waals surface area contributed by atoms with E-state index in [1.54, 1.807) is 24.3 Å². The maximum absolute atomic E-state index is 11.8. The molecule has 1 saturated heterocycles. The second-order valence-electron chi connectivity index (χ2n) is 5.59. The molecule has 0 radical (unpaired) electrons. The van der Waals surface area contributed by atoms with Crippen LogP contribution < -0.4 is 15.4 Å². The van der Waals surface area contributed by atoms with Crippen LogP contribution in [-0.4, -0.2) is 37.9 Å². The van der Waals surface area contributed by atoms with Crippen molar-refractivity contribution in [1.29, 1.82) is 0 Å². The van der Waals surface area contributed by atoms with Gasteiger partial charge in [0.15, 0.2) is 12.4 Å². The normalized spacial score (nSPS) is 14.7. The molecular weight excluding hydrogens is 316 g/mol. The fourth-order valence-corrected chi connectivity index (χ4v) is 2.49. The van der Waals surface area contributed by atoms with E-state index in [4.69, 9.17) is 4.74 Å². The molecule has 6 heteroatoms. The lowest BCUT2D eigenvalue weighted by molar-refractivity contribution is -0.123. The van der Waals surface area contributed by atoms with E-state index in [1.165, 1.54) is 0 Å². The topological polar surface area (TPSA) is 67.4 Å². The first-order chi connectivity index (χ1) is 10.7. The van der Waals surface area contributed by atoms with Crippen LogP contribution in [0.25, 0.3) is 0 Å². The van der Waals surface area contributed by atoms with Gasteiger partial charge in [0.25, 0.3) is 5.91 Å². The summed E-state index contributed by atoms with van der Waals surface area (Å²) < 4.78 is 5.44. The minimum Gasteiger partial charge on any atom is -0.484 e. The van der Waals surface area contributed by atoms with Crippen LogP contribution in [0.15, 0.2) is 24.3 Å². The number of ketones is 1. The van der Waals surface area contributed by atoms with Gasteiger partial charge in [-0.15, -0.1) is 12.4 Å². The van der Waals surface area contributed by atoms with Crippen molar-refractivity contribution in [3.8, 4) is 5.75 Å². The largest absolute Gasteiger partial charge is 0.484 e. The Labute approximate surface area is 143 Å². The van der Waals surface area contributed by atoms with Crippen LogP contribution in [0.2, 0.25) is 0 Å². The maximum Gasteiger partial charge on any atom is 0.257 e. The molecule has 1 aliphatic heterocycles. The summed E-state index contributed by atoms with van der Waals surface area (Å²) in [5, 5.41) is 6.22. The highest BCUT2D eigenvalue weighted by molar-refractivity contribution is 5.95. The standard InChI is InChI=1S/C17H24N2O3.ClH/c1-2-16(20)14-3-5-15(6-4-14)22-12-17(21)19-11-13-7-9-18-10-8-13;/h3-6,13,18H,2,7-12H2,1H3,(H,19,21);1H. The highest BCUT2D eigenvalue weighted by Crippen LogP contribution is 2.13. The van der Waals surface area contributed by atoms with Crippen molar-refractivity contribution in [2.24, 2.45) is 5.92 Å². The summed E-state index contributed by atoms with van der Waals surface area (Å²) in [6, 6.07) is 6.91. The fourth-order valence-electron chi connectivity index (χ4n) is 2.49. The summed E-state index contributed by atoms with van der Waals surface area (Å²) in [5.74, 6) is 1.16. The quantitative estimate of drug-likeness (QED) is 0.747. The molecule has 1 amide bonds. The van der Waals surface area contributed by atoms with Crippen molar-refractivity contribution >= 4 is 24.1 Å². The van der Waals surface area contributed by atoms with E-state index in [0.29, 0.717) is 30.2 Å². The average molecular weight is 341 g/mol. The monoisotopic (exact) mass is 340 g/mol. The van der Waals surface area contributed by atoms with E-state index < -0.39 is 0 Å². The third kappa shape index (κ3) is 6.59. The SMILES string of the molecule is CCC(=O)c1ccc(OCC(=O)NCC2CCNCC2)cc1.Cl. The Bertz CT molecular complexity index is 499. The van der Waals surface area contributed by atoms with Crippen LogP contribution in [0, 0.1) is 5.92 Å². The third-order valence-corrected chi connectivity index (χ3v) is 3.91. The summed E-state index contributed by atoms with van der Waals surface area (Å²) in [4.78, 5) is 23.3. The Hall–Kier alpha value is -1.59. The molecule has 0 atom stereocenters. The van der Waals surface area contributed by atoms with Crippen LogP contribution in [0.5, 0.6) is 5.75 Å². The molecule has 1 fully saturated rings. The van der Waals surface area contributed by atoms with Crippen molar-refractivity contribution in [3.05, 3.63) is 29.8 Å². The highest BCUT2D eigenvalue weighted by Gasteiger charge is 2.14. The number of rotatable bonds is 7. The summed E-state index contributed by atoms with van der Waals surface area (Å²) in [6.45, 7) is 4.61. The molecule has 2 rings (SSSR count). The van der Waals surface area contributed by atoms with Gasteiger partial charge in [0.1, 0.15) is 5.75 Å². The molecule has 128 valence electrons. The van der Waals surface area contributed by atoms with Crippen molar-refractivity contribution in [2.75, 3.05) is 26.2 Å². The zero-order valence-corrected chi connectivity index (χ0v) is 14.3. The molecule has 2 N–H and O–H groups in total. The van der Waals surface area contributed by atoms with Crippen molar-refractivity contribution in [2.45, 2.75) is 26.2 Å². The number of amides is 1. The van der Waals surface area contributed by atoms with Crippen LogP contribution in [0.1, 0.15) is 36.5 Å². The summed E-state index contributed by atoms with van der Waals surface area (Å²) >= 11 is 0. The maximum atomic E-state index is 11.8. The van der Waals surface area contributed by atoms with Gasteiger partial charge in [-0.3, -0.25) is 9.59 Å². The second kappa shape index (κ2) is 10.2. The lowest BCUT2D eigenvalue weighted by Gasteiger charge is -2.22. The predicted octanol–water partition coefficient (Wildman–Crippen LogP) is 2.20. The van der Waals surface area contributed by atoms with Gasteiger partial charge in [0.05, 0.1) is 0 Å². The van der Waals surface area contributed by atoms with Gasteiger partial charge in [0, 0.05) is 18.5 Å². The molecule has 1 aromatic rings. The molecule has 0 bridgehead atoms. The lowest BCUT2D eigenvalue weighted by Crippen LogP contribution is -2.37. The van der Waals surface area contributed by atoms with Gasteiger partial charge in [0.2, 0.25) is 0 Å². The Morgan fingerprint density at radius 3 is 2.48 bits per heavy atom. The average Bonchev–Trinajstić information content (AvgIpc) is 2.58. The van der Waals surface area contributed by atoms with E-state index in [2.05, 4.69) is 10.6 Å². The molecular formula is C17H25ClN2O3. The smallest absolute Gasteiger partial charge is 0.257 e. The summed E-state index contributed by atoms with van der Waals surface area (Å²) in [7, 11) is 0. The zero-order valence-electron chi connectivity index (χ0n) is 13.5. The first-order valence-electron chi connectivity index (χ1n) is 7.92. The molecule has 0 aliphatic carbocycles. The summed E-state index contributed by atoms with van der Waals surface area (Å²) in [5.41, 5.74) is 0.671. The molecule has 0 saturated carbocycles. The number of benzene rings is 1. The van der Waals surface area contributed by atoms with E-state index >= 15 is 0 Å². The second-order valence-corrected chi connectivity index (χ2v) is 5.59. The Balaban J connectivity index is 0.00000264. The van der Waals surface area contributed by atoms with E-state index in [0.717, 1.165) is 25.9 Å². The van der Waals surface area contributed by atoms with Gasteiger partial charge in [-0.05, 0) is 56.1 Å². The zero-order chi connectivity index (χ0) is 15.8. The number of hydrogen-bond donors (Lipinski definition) is 2. The number of nitrogens with one attached hydrogen (secondary N) is 2. The van der Waals surface area contributed by atoms with Crippen LogP contribution >= 0.6 is 12.4 Å². The Kier molecular flexibility index (Phi) is 8.66. The van der Waals surface area contributed by atoms with Crippen LogP contribution in [-0.2, 0) is 4.79 Å². The van der Waals surface area contributed by atoms with Gasteiger partial charge >= 0.3 is 0 Å². The number of ether oxygens (including phenoxy) is 1. The molecule has 0 spiro atoms. The number of carbonyl (C=O) groups is 2. The van der Waals surface area contributed by atoms with Gasteiger partial charge in [-0.1, -0.05) is 6.92 Å². The molecule has 1 aromatic carbocycles. The molecule has 5 nitrogen and oxygen atoms in total. The molecule has 23 heavy (non-hydrogen) atoms. The fraction of sp³-hybridized carbons (Fsp3) is 0.529. The van der Waals surface area contributed by atoms with Crippen LogP contribution in [0.3, 0.4) is 0 Å². The minimum atomic E-state index is -0.104. The first-order valence-corrected chi connectivity index (χ1v) is 7.92. The molecule has 1 aliphatic rings. The number of halogens is 1. The third-order valence-electron chi connectivity index (χ3n) is 3.91.